The lowest BCUT2D eigenvalue weighted by molar-refractivity contribution is -0.145. The fraction of sp³-hybridized carbons (Fsp3) is 0.200. The van der Waals surface area contributed by atoms with E-state index in [1.807, 2.05) is 0 Å². The number of nitrogens with zero attached hydrogens (tertiary/aromatic N) is 2. The zero-order chi connectivity index (χ0) is 14.5. The van der Waals surface area contributed by atoms with E-state index in [-0.39, 0.29) is 12.2 Å². The van der Waals surface area contributed by atoms with E-state index < -0.39 is 12.1 Å². The molecule has 1 aromatic heterocycles. The Morgan fingerprint density at radius 3 is 2.80 bits per heavy atom. The second-order valence-corrected chi connectivity index (χ2v) is 4.20. The lowest BCUT2D eigenvalue weighted by Crippen LogP contribution is -2.15. The van der Waals surface area contributed by atoms with Gasteiger partial charge in [-0.15, -0.1) is 6.42 Å². The Bertz CT molecular complexity index is 641. The fourth-order valence-electron chi connectivity index (χ4n) is 1.61. The summed E-state index contributed by atoms with van der Waals surface area (Å²) in [5.74, 6) is 1.57. The Hall–Kier alpha value is -2.61. The Labute approximate surface area is 116 Å². The van der Waals surface area contributed by atoms with Crippen LogP contribution in [-0.4, -0.2) is 21.9 Å². The first-order valence-corrected chi connectivity index (χ1v) is 6.04. The van der Waals surface area contributed by atoms with Gasteiger partial charge in [-0.1, -0.05) is 5.92 Å². The molecular formula is C15H13FN2O2. The molecule has 20 heavy (non-hydrogen) atoms. The van der Waals surface area contributed by atoms with Crippen LogP contribution >= 0.6 is 0 Å². The molecule has 0 aliphatic carbocycles. The van der Waals surface area contributed by atoms with Crippen LogP contribution in [0.5, 0.6) is 0 Å². The van der Waals surface area contributed by atoms with Gasteiger partial charge in [-0.25, -0.2) is 9.07 Å². The average molecular weight is 272 g/mol. The maximum absolute atomic E-state index is 12.8. The topological polar surface area (TPSA) is 44.1 Å². The molecule has 2 rings (SSSR count). The van der Waals surface area contributed by atoms with Crippen molar-refractivity contribution in [3.8, 4) is 18.0 Å². The summed E-state index contributed by atoms with van der Waals surface area (Å²) in [6.45, 7) is 1.62. The zero-order valence-corrected chi connectivity index (χ0v) is 10.9. The van der Waals surface area contributed by atoms with Crippen LogP contribution in [0.25, 0.3) is 5.69 Å². The first-order valence-electron chi connectivity index (χ1n) is 6.04. The van der Waals surface area contributed by atoms with Gasteiger partial charge in [0.15, 0.2) is 6.10 Å². The van der Waals surface area contributed by atoms with Crippen molar-refractivity contribution in [1.29, 1.82) is 0 Å². The standard InChI is InChI=1S/C15H13FN2O2/c1-3-11(2)20-15(19)10-13-8-9-18(17-13)14-6-4-12(16)5-7-14/h1,4-9,11H,10H2,2H3/t11-/m0/s1. The quantitative estimate of drug-likeness (QED) is 0.632. The van der Waals surface area contributed by atoms with Crippen molar-refractivity contribution in [3.63, 3.8) is 0 Å². The van der Waals surface area contributed by atoms with Gasteiger partial charge >= 0.3 is 5.97 Å². The monoisotopic (exact) mass is 272 g/mol. The number of terminal acetylenes is 1. The molecule has 1 atom stereocenters. The van der Waals surface area contributed by atoms with Crippen LogP contribution < -0.4 is 0 Å². The largest absolute Gasteiger partial charge is 0.449 e. The number of halogens is 1. The third-order valence-electron chi connectivity index (χ3n) is 2.60. The minimum absolute atomic E-state index is 0.0419. The highest BCUT2D eigenvalue weighted by molar-refractivity contribution is 5.72. The molecule has 0 amide bonds. The molecule has 0 saturated carbocycles. The molecule has 0 fully saturated rings. The van der Waals surface area contributed by atoms with E-state index in [1.165, 1.54) is 12.1 Å². The molecule has 0 N–H and O–H groups in total. The predicted octanol–water partition coefficient (Wildman–Crippen LogP) is 2.12. The minimum Gasteiger partial charge on any atom is -0.449 e. The Morgan fingerprint density at radius 1 is 1.45 bits per heavy atom. The van der Waals surface area contributed by atoms with Gasteiger partial charge in [-0.05, 0) is 37.3 Å². The summed E-state index contributed by atoms with van der Waals surface area (Å²) in [5, 5.41) is 4.22. The van der Waals surface area contributed by atoms with E-state index in [2.05, 4.69) is 11.0 Å². The van der Waals surface area contributed by atoms with Gasteiger partial charge in [0, 0.05) is 6.20 Å². The van der Waals surface area contributed by atoms with Gasteiger partial charge < -0.3 is 4.74 Å². The number of hydrogen-bond acceptors (Lipinski definition) is 3. The maximum atomic E-state index is 12.8. The van der Waals surface area contributed by atoms with Crippen molar-refractivity contribution in [3.05, 3.63) is 48.0 Å². The molecule has 0 saturated heterocycles. The number of esters is 1. The number of benzene rings is 1. The van der Waals surface area contributed by atoms with Crippen molar-refractivity contribution < 1.29 is 13.9 Å². The van der Waals surface area contributed by atoms with Gasteiger partial charge in [0.1, 0.15) is 5.82 Å². The van der Waals surface area contributed by atoms with Crippen LogP contribution in [0, 0.1) is 18.2 Å². The van der Waals surface area contributed by atoms with E-state index in [0.29, 0.717) is 11.4 Å². The number of ether oxygens (including phenoxy) is 1. The van der Waals surface area contributed by atoms with Gasteiger partial charge in [0.2, 0.25) is 0 Å². The van der Waals surface area contributed by atoms with Crippen LogP contribution in [0.2, 0.25) is 0 Å². The maximum Gasteiger partial charge on any atom is 0.313 e. The number of carbonyl (C=O) groups is 1. The summed E-state index contributed by atoms with van der Waals surface area (Å²) in [4.78, 5) is 11.6. The molecule has 0 aliphatic rings. The smallest absolute Gasteiger partial charge is 0.313 e. The summed E-state index contributed by atoms with van der Waals surface area (Å²) in [5.41, 5.74) is 1.27. The van der Waals surface area contributed by atoms with E-state index >= 15 is 0 Å². The van der Waals surface area contributed by atoms with E-state index in [0.717, 1.165) is 0 Å². The summed E-state index contributed by atoms with van der Waals surface area (Å²) >= 11 is 0. The fourth-order valence-corrected chi connectivity index (χ4v) is 1.61. The Morgan fingerprint density at radius 2 is 2.15 bits per heavy atom. The van der Waals surface area contributed by atoms with Crippen molar-refractivity contribution in [1.82, 2.24) is 9.78 Å². The third-order valence-corrected chi connectivity index (χ3v) is 2.60. The van der Waals surface area contributed by atoms with Gasteiger partial charge in [0.25, 0.3) is 0 Å². The van der Waals surface area contributed by atoms with Crippen LogP contribution in [0.1, 0.15) is 12.6 Å². The van der Waals surface area contributed by atoms with Gasteiger partial charge in [-0.2, -0.15) is 5.10 Å². The number of carbonyl (C=O) groups excluding carboxylic acids is 1. The van der Waals surface area contributed by atoms with Gasteiger partial charge in [-0.3, -0.25) is 4.79 Å². The number of aromatic nitrogens is 2. The van der Waals surface area contributed by atoms with E-state index in [9.17, 15) is 9.18 Å². The van der Waals surface area contributed by atoms with E-state index in [1.54, 1.807) is 36.0 Å². The highest BCUT2D eigenvalue weighted by Crippen LogP contribution is 2.09. The van der Waals surface area contributed by atoms with E-state index in [4.69, 9.17) is 11.2 Å². The molecule has 1 aromatic carbocycles. The van der Waals surface area contributed by atoms with Crippen molar-refractivity contribution in [2.24, 2.45) is 0 Å². The summed E-state index contributed by atoms with van der Waals surface area (Å²) < 4.78 is 19.4. The molecule has 0 bridgehead atoms. The SMILES string of the molecule is C#C[C@H](C)OC(=O)Cc1ccn(-c2ccc(F)cc2)n1. The van der Waals surface area contributed by atoms with Crippen LogP contribution in [0.15, 0.2) is 36.5 Å². The summed E-state index contributed by atoms with van der Waals surface area (Å²) in [6, 6.07) is 7.60. The average Bonchev–Trinajstić information content (AvgIpc) is 2.87. The first-order chi connectivity index (χ1) is 9.58. The zero-order valence-electron chi connectivity index (χ0n) is 10.9. The summed E-state index contributed by atoms with van der Waals surface area (Å²) in [6.07, 6.45) is 6.31. The normalized spacial score (nSPS) is 11.7. The highest BCUT2D eigenvalue weighted by Gasteiger charge is 2.10. The van der Waals surface area contributed by atoms with Crippen LogP contribution in [0.3, 0.4) is 0 Å². The molecule has 102 valence electrons. The van der Waals surface area contributed by atoms with Gasteiger partial charge in [0.05, 0.1) is 17.8 Å². The van der Waals surface area contributed by atoms with Crippen LogP contribution in [-0.2, 0) is 16.0 Å². The minimum atomic E-state index is -0.554. The molecule has 0 spiro atoms. The molecule has 4 nitrogen and oxygen atoms in total. The second-order valence-electron chi connectivity index (χ2n) is 4.20. The molecule has 0 radical (unpaired) electrons. The molecule has 1 heterocycles. The molecule has 5 heteroatoms. The highest BCUT2D eigenvalue weighted by atomic mass is 19.1. The molecule has 2 aromatic rings. The molecule has 0 unspecified atom stereocenters. The van der Waals surface area contributed by atoms with Crippen molar-refractivity contribution in [2.75, 3.05) is 0 Å². The van der Waals surface area contributed by atoms with Crippen LogP contribution in [0.4, 0.5) is 4.39 Å². The molecule has 0 aliphatic heterocycles. The predicted molar refractivity (Wildman–Crippen MR) is 71.6 cm³/mol. The Balaban J connectivity index is 2.04. The number of hydrogen-bond donors (Lipinski definition) is 0. The second kappa shape index (κ2) is 6.02. The van der Waals surface area contributed by atoms with Crippen molar-refractivity contribution in [2.45, 2.75) is 19.4 Å². The Kier molecular flexibility index (Phi) is 4.16. The lowest BCUT2D eigenvalue weighted by Gasteiger charge is -2.05. The first kappa shape index (κ1) is 13.8. The summed E-state index contributed by atoms with van der Waals surface area (Å²) in [7, 11) is 0. The lowest BCUT2D eigenvalue weighted by atomic mass is 10.3. The van der Waals surface area contributed by atoms with Crippen molar-refractivity contribution >= 4 is 5.97 Å². The molecular weight excluding hydrogens is 259 g/mol. The number of rotatable bonds is 4. The third kappa shape index (κ3) is 3.45.